The van der Waals surface area contributed by atoms with Crippen molar-refractivity contribution in [3.8, 4) is 0 Å². The van der Waals surface area contributed by atoms with Gasteiger partial charge < -0.3 is 15.1 Å². The Morgan fingerprint density at radius 1 is 1.69 bits per heavy atom. The lowest BCUT2D eigenvalue weighted by molar-refractivity contribution is 0.0950. The van der Waals surface area contributed by atoms with Crippen molar-refractivity contribution < 1.29 is 9.21 Å². The van der Waals surface area contributed by atoms with Crippen LogP contribution in [0, 0.1) is 0 Å². The van der Waals surface area contributed by atoms with Crippen molar-refractivity contribution in [1.82, 2.24) is 10.6 Å². The van der Waals surface area contributed by atoms with E-state index >= 15 is 0 Å². The summed E-state index contributed by atoms with van der Waals surface area (Å²) in [4.78, 5) is 11.7. The van der Waals surface area contributed by atoms with Crippen LogP contribution < -0.4 is 10.6 Å². The smallest absolute Gasteiger partial charge is 0.255 e. The highest BCUT2D eigenvalue weighted by Gasteiger charge is 2.15. The SMILES string of the molecule is O=C(NCC[C@H]1CCCN1)c1ccoc1Br. The molecule has 4 nitrogen and oxygen atoms in total. The number of amides is 1. The quantitative estimate of drug-likeness (QED) is 0.889. The van der Waals surface area contributed by atoms with Gasteiger partial charge in [-0.2, -0.15) is 0 Å². The van der Waals surface area contributed by atoms with Crippen molar-refractivity contribution in [2.75, 3.05) is 13.1 Å². The summed E-state index contributed by atoms with van der Waals surface area (Å²) in [6.45, 7) is 1.81. The zero-order valence-electron chi connectivity index (χ0n) is 8.96. The predicted octanol–water partition coefficient (Wildman–Crippen LogP) is 1.91. The maximum Gasteiger partial charge on any atom is 0.255 e. The van der Waals surface area contributed by atoms with Gasteiger partial charge in [0.1, 0.15) is 0 Å². The highest BCUT2D eigenvalue weighted by atomic mass is 79.9. The van der Waals surface area contributed by atoms with Gasteiger partial charge in [0.25, 0.3) is 5.91 Å². The second-order valence-corrected chi connectivity index (χ2v) is 4.67. The van der Waals surface area contributed by atoms with Crippen LogP contribution in [0.4, 0.5) is 0 Å². The lowest BCUT2D eigenvalue weighted by Crippen LogP contribution is -2.30. The first-order chi connectivity index (χ1) is 7.77. The molecule has 2 N–H and O–H groups in total. The minimum Gasteiger partial charge on any atom is -0.457 e. The molecule has 1 aromatic heterocycles. The zero-order chi connectivity index (χ0) is 11.4. The topological polar surface area (TPSA) is 54.3 Å². The van der Waals surface area contributed by atoms with E-state index in [1.54, 1.807) is 6.07 Å². The van der Waals surface area contributed by atoms with Crippen molar-refractivity contribution in [2.45, 2.75) is 25.3 Å². The lowest BCUT2D eigenvalue weighted by Gasteiger charge is -2.10. The molecular weight excluding hydrogens is 272 g/mol. The Labute approximate surface area is 103 Å². The molecule has 0 aromatic carbocycles. The number of carbonyl (C=O) groups is 1. The Morgan fingerprint density at radius 3 is 3.19 bits per heavy atom. The summed E-state index contributed by atoms with van der Waals surface area (Å²) in [5, 5.41) is 6.28. The molecule has 2 heterocycles. The number of hydrogen-bond acceptors (Lipinski definition) is 3. The Hall–Kier alpha value is -0.810. The van der Waals surface area contributed by atoms with Crippen molar-refractivity contribution in [3.63, 3.8) is 0 Å². The second kappa shape index (κ2) is 5.50. The second-order valence-electron chi connectivity index (χ2n) is 3.95. The monoisotopic (exact) mass is 286 g/mol. The van der Waals surface area contributed by atoms with E-state index in [9.17, 15) is 4.79 Å². The van der Waals surface area contributed by atoms with E-state index in [1.807, 2.05) is 0 Å². The summed E-state index contributed by atoms with van der Waals surface area (Å²) in [7, 11) is 0. The molecule has 1 aliphatic rings. The summed E-state index contributed by atoms with van der Waals surface area (Å²) >= 11 is 3.19. The molecule has 1 atom stereocenters. The third-order valence-corrected chi connectivity index (χ3v) is 3.42. The van der Waals surface area contributed by atoms with Gasteiger partial charge in [0.05, 0.1) is 11.8 Å². The van der Waals surface area contributed by atoms with E-state index in [-0.39, 0.29) is 5.91 Å². The van der Waals surface area contributed by atoms with Gasteiger partial charge in [0.15, 0.2) is 4.67 Å². The summed E-state index contributed by atoms with van der Waals surface area (Å²) in [5.74, 6) is -0.0846. The Kier molecular flexibility index (Phi) is 4.01. The maximum atomic E-state index is 11.7. The molecule has 1 aliphatic heterocycles. The van der Waals surface area contributed by atoms with Crippen molar-refractivity contribution in [2.24, 2.45) is 0 Å². The molecule has 0 saturated carbocycles. The van der Waals surface area contributed by atoms with Gasteiger partial charge in [0, 0.05) is 12.6 Å². The summed E-state index contributed by atoms with van der Waals surface area (Å²) in [6, 6.07) is 2.22. The molecule has 0 aliphatic carbocycles. The molecule has 1 fully saturated rings. The number of furan rings is 1. The average molecular weight is 287 g/mol. The van der Waals surface area contributed by atoms with Crippen LogP contribution in [0.25, 0.3) is 0 Å². The van der Waals surface area contributed by atoms with Crippen LogP contribution in [0.5, 0.6) is 0 Å². The first-order valence-corrected chi connectivity index (χ1v) is 6.31. The number of rotatable bonds is 4. The number of nitrogens with one attached hydrogen (secondary N) is 2. The van der Waals surface area contributed by atoms with E-state index < -0.39 is 0 Å². The van der Waals surface area contributed by atoms with E-state index in [1.165, 1.54) is 19.1 Å². The summed E-state index contributed by atoms with van der Waals surface area (Å²) in [5.41, 5.74) is 0.555. The fourth-order valence-corrected chi connectivity index (χ4v) is 2.33. The fraction of sp³-hybridized carbons (Fsp3) is 0.545. The lowest BCUT2D eigenvalue weighted by atomic mass is 10.1. The molecule has 16 heavy (non-hydrogen) atoms. The molecule has 88 valence electrons. The molecule has 0 unspecified atom stereocenters. The molecule has 5 heteroatoms. The Morgan fingerprint density at radius 2 is 2.56 bits per heavy atom. The van der Waals surface area contributed by atoms with Crippen LogP contribution in [-0.2, 0) is 0 Å². The first kappa shape index (κ1) is 11.7. The fourth-order valence-electron chi connectivity index (χ4n) is 1.91. The molecule has 1 amide bonds. The van der Waals surface area contributed by atoms with Crippen LogP contribution in [0.1, 0.15) is 29.6 Å². The minimum absolute atomic E-state index is 0.0846. The Bertz CT molecular complexity index is 359. The van der Waals surface area contributed by atoms with Gasteiger partial charge >= 0.3 is 0 Å². The third kappa shape index (κ3) is 2.86. The molecule has 1 aromatic rings. The predicted molar refractivity (Wildman–Crippen MR) is 64.4 cm³/mol. The molecular formula is C11H15BrN2O2. The van der Waals surface area contributed by atoms with Crippen molar-refractivity contribution in [3.05, 3.63) is 22.6 Å². The highest BCUT2D eigenvalue weighted by molar-refractivity contribution is 9.10. The molecule has 1 saturated heterocycles. The van der Waals surface area contributed by atoms with Crippen molar-refractivity contribution >= 4 is 21.8 Å². The van der Waals surface area contributed by atoms with Crippen molar-refractivity contribution in [1.29, 1.82) is 0 Å². The van der Waals surface area contributed by atoms with Crippen LogP contribution in [-0.4, -0.2) is 25.0 Å². The van der Waals surface area contributed by atoms with Crippen LogP contribution >= 0.6 is 15.9 Å². The van der Waals surface area contributed by atoms with Gasteiger partial charge in [-0.25, -0.2) is 0 Å². The van der Waals surface area contributed by atoms with E-state index in [2.05, 4.69) is 26.6 Å². The van der Waals surface area contributed by atoms with Crippen LogP contribution in [0.15, 0.2) is 21.4 Å². The molecule has 2 rings (SSSR count). The average Bonchev–Trinajstić information content (AvgIpc) is 2.88. The Balaban J connectivity index is 1.73. The number of halogens is 1. The van der Waals surface area contributed by atoms with E-state index in [0.29, 0.717) is 22.8 Å². The van der Waals surface area contributed by atoms with Gasteiger partial charge in [-0.1, -0.05) is 0 Å². The molecule has 0 spiro atoms. The van der Waals surface area contributed by atoms with Crippen LogP contribution in [0.3, 0.4) is 0 Å². The van der Waals surface area contributed by atoms with Gasteiger partial charge in [-0.15, -0.1) is 0 Å². The largest absolute Gasteiger partial charge is 0.457 e. The first-order valence-electron chi connectivity index (χ1n) is 5.52. The van der Waals surface area contributed by atoms with Crippen LogP contribution in [0.2, 0.25) is 0 Å². The third-order valence-electron chi connectivity index (χ3n) is 2.80. The zero-order valence-corrected chi connectivity index (χ0v) is 10.5. The summed E-state index contributed by atoms with van der Waals surface area (Å²) < 4.78 is 5.50. The van der Waals surface area contributed by atoms with Gasteiger partial charge in [0.2, 0.25) is 0 Å². The van der Waals surface area contributed by atoms with Gasteiger partial charge in [-0.3, -0.25) is 4.79 Å². The minimum atomic E-state index is -0.0846. The molecule has 0 radical (unpaired) electrons. The van der Waals surface area contributed by atoms with E-state index in [0.717, 1.165) is 13.0 Å². The molecule has 0 bridgehead atoms. The summed E-state index contributed by atoms with van der Waals surface area (Å²) in [6.07, 6.45) is 4.94. The maximum absolute atomic E-state index is 11.7. The highest BCUT2D eigenvalue weighted by Crippen LogP contribution is 2.17. The number of carbonyl (C=O) groups excluding carboxylic acids is 1. The van der Waals surface area contributed by atoms with Gasteiger partial charge in [-0.05, 0) is 47.8 Å². The van der Waals surface area contributed by atoms with E-state index in [4.69, 9.17) is 4.42 Å². The normalized spacial score (nSPS) is 19.9. The standard InChI is InChI=1S/C11H15BrN2O2/c12-10-9(4-7-16-10)11(15)14-6-3-8-2-1-5-13-8/h4,7-8,13H,1-3,5-6H2,(H,14,15)/t8-/m1/s1. The number of hydrogen-bond donors (Lipinski definition) is 2.